The maximum Gasteiger partial charge on any atom is 0.311 e. The van der Waals surface area contributed by atoms with Crippen LogP contribution >= 0.6 is 0 Å². The number of H-pyrrole nitrogens is 1. The van der Waals surface area contributed by atoms with Crippen molar-refractivity contribution in [3.05, 3.63) is 46.6 Å². The minimum atomic E-state index is -0.474. The lowest BCUT2D eigenvalue weighted by atomic mass is 10.2. The Balaban J connectivity index is 1.97. The lowest BCUT2D eigenvalue weighted by Crippen LogP contribution is -2.27. The lowest BCUT2D eigenvalue weighted by Gasteiger charge is -2.21. The summed E-state index contributed by atoms with van der Waals surface area (Å²) in [5.41, 5.74) is 1.44. The molecule has 25 heavy (non-hydrogen) atoms. The zero-order valence-electron chi connectivity index (χ0n) is 13.6. The normalized spacial score (nSPS) is 10.8. The first-order valence-electron chi connectivity index (χ1n) is 7.83. The molecular weight excluding hydrogens is 324 g/mol. The molecule has 1 aromatic carbocycles. The summed E-state index contributed by atoms with van der Waals surface area (Å²) in [6.07, 6.45) is 1.68. The summed E-state index contributed by atoms with van der Waals surface area (Å²) < 4.78 is 0. The maximum absolute atomic E-state index is 11.3. The monoisotopic (exact) mass is 342 g/mol. The highest BCUT2D eigenvalue weighted by Gasteiger charge is 2.18. The lowest BCUT2D eigenvalue weighted by molar-refractivity contribution is -0.384. The average Bonchev–Trinajstić information content (AvgIpc) is 3.07. The molecule has 0 aliphatic carbocycles. The van der Waals surface area contributed by atoms with Gasteiger partial charge in [0.1, 0.15) is 5.82 Å². The van der Waals surface area contributed by atoms with Crippen LogP contribution in [0.25, 0.3) is 10.9 Å². The van der Waals surface area contributed by atoms with Crippen molar-refractivity contribution in [1.29, 1.82) is 0 Å². The zero-order chi connectivity index (χ0) is 17.8. The third kappa shape index (κ3) is 3.50. The quantitative estimate of drug-likeness (QED) is 0.445. The Labute approximate surface area is 143 Å². The molecule has 0 unspecified atom stereocenters. The largest absolute Gasteiger partial charge is 0.395 e. The fraction of sp³-hybridized carbons (Fsp3) is 0.250. The molecule has 3 rings (SSSR count). The third-order valence-electron chi connectivity index (χ3n) is 3.83. The summed E-state index contributed by atoms with van der Waals surface area (Å²) in [7, 11) is 0. The van der Waals surface area contributed by atoms with Gasteiger partial charge in [-0.1, -0.05) is 0 Å². The standard InChI is InChI=1S/C16H18N6O3/c1-2-21(7-8-23)15-6-5-14(22(24)25)16(19-15)18-12-3-4-13-11(9-12)10-17-20-13/h3-6,9-10,23H,2,7-8H2,1H3,(H,17,20)(H,18,19). The molecule has 3 N–H and O–H groups in total. The van der Waals surface area contributed by atoms with Crippen molar-refractivity contribution in [3.8, 4) is 0 Å². The molecule has 130 valence electrons. The number of aromatic amines is 1. The van der Waals surface area contributed by atoms with Crippen molar-refractivity contribution >= 4 is 33.9 Å². The second-order valence-electron chi connectivity index (χ2n) is 5.39. The number of nitro groups is 1. The number of fused-ring (bicyclic) bond motifs is 1. The summed E-state index contributed by atoms with van der Waals surface area (Å²) in [6, 6.07) is 8.47. The number of hydrogen-bond acceptors (Lipinski definition) is 7. The van der Waals surface area contributed by atoms with E-state index in [-0.39, 0.29) is 18.1 Å². The van der Waals surface area contributed by atoms with Gasteiger partial charge in [0.05, 0.1) is 23.2 Å². The molecule has 0 bridgehead atoms. The van der Waals surface area contributed by atoms with Crippen molar-refractivity contribution in [2.24, 2.45) is 0 Å². The Morgan fingerprint density at radius 3 is 2.92 bits per heavy atom. The van der Waals surface area contributed by atoms with E-state index in [9.17, 15) is 10.1 Å². The van der Waals surface area contributed by atoms with Crippen LogP contribution < -0.4 is 10.2 Å². The number of benzene rings is 1. The van der Waals surface area contributed by atoms with E-state index in [1.807, 2.05) is 24.0 Å². The molecule has 9 heteroatoms. The number of pyridine rings is 1. The Bertz CT molecular complexity index is 894. The van der Waals surface area contributed by atoms with Gasteiger partial charge in [-0.25, -0.2) is 4.98 Å². The van der Waals surface area contributed by atoms with E-state index in [4.69, 9.17) is 5.11 Å². The number of aliphatic hydroxyl groups excluding tert-OH is 1. The number of likely N-dealkylation sites (N-methyl/N-ethyl adjacent to an activating group) is 1. The molecule has 2 aromatic heterocycles. The smallest absolute Gasteiger partial charge is 0.311 e. The molecule has 0 fully saturated rings. The van der Waals surface area contributed by atoms with Crippen molar-refractivity contribution < 1.29 is 10.0 Å². The van der Waals surface area contributed by atoms with Crippen LogP contribution in [0.5, 0.6) is 0 Å². The molecule has 0 amide bonds. The van der Waals surface area contributed by atoms with Gasteiger partial charge in [0.2, 0.25) is 5.82 Å². The number of anilines is 3. The molecule has 0 saturated heterocycles. The molecule has 0 aliphatic heterocycles. The van der Waals surface area contributed by atoms with Crippen molar-refractivity contribution in [1.82, 2.24) is 15.2 Å². The van der Waals surface area contributed by atoms with Crippen molar-refractivity contribution in [2.45, 2.75) is 6.92 Å². The fourth-order valence-corrected chi connectivity index (χ4v) is 2.57. The molecule has 0 aliphatic rings. The molecule has 0 radical (unpaired) electrons. The summed E-state index contributed by atoms with van der Waals surface area (Å²) in [4.78, 5) is 17.1. The molecule has 9 nitrogen and oxygen atoms in total. The molecule has 0 saturated carbocycles. The summed E-state index contributed by atoms with van der Waals surface area (Å²) in [6.45, 7) is 2.94. The van der Waals surface area contributed by atoms with Crippen LogP contribution in [0.15, 0.2) is 36.5 Å². The van der Waals surface area contributed by atoms with E-state index < -0.39 is 4.92 Å². The number of aliphatic hydroxyl groups is 1. The molecule has 3 aromatic rings. The predicted molar refractivity (Wildman–Crippen MR) is 95.2 cm³/mol. The Kier molecular flexibility index (Phi) is 4.75. The summed E-state index contributed by atoms with van der Waals surface area (Å²) >= 11 is 0. The van der Waals surface area contributed by atoms with Gasteiger partial charge in [-0.2, -0.15) is 5.10 Å². The van der Waals surface area contributed by atoms with Gasteiger partial charge >= 0.3 is 5.69 Å². The number of rotatable bonds is 7. The highest BCUT2D eigenvalue weighted by Crippen LogP contribution is 2.29. The minimum Gasteiger partial charge on any atom is -0.395 e. The second-order valence-corrected chi connectivity index (χ2v) is 5.39. The minimum absolute atomic E-state index is 0.0214. The highest BCUT2D eigenvalue weighted by molar-refractivity contribution is 5.83. The molecule has 0 atom stereocenters. The van der Waals surface area contributed by atoms with Crippen LogP contribution in [0.3, 0.4) is 0 Å². The van der Waals surface area contributed by atoms with Gasteiger partial charge in [-0.05, 0) is 31.2 Å². The van der Waals surface area contributed by atoms with Crippen molar-refractivity contribution in [3.63, 3.8) is 0 Å². The van der Waals surface area contributed by atoms with E-state index in [1.54, 1.807) is 18.3 Å². The summed E-state index contributed by atoms with van der Waals surface area (Å²) in [5, 5.41) is 31.2. The second kappa shape index (κ2) is 7.14. The van der Waals surface area contributed by atoms with Gasteiger partial charge < -0.3 is 15.3 Å². The van der Waals surface area contributed by atoms with Crippen LogP contribution in [0.2, 0.25) is 0 Å². The number of nitrogens with one attached hydrogen (secondary N) is 2. The van der Waals surface area contributed by atoms with Crippen LogP contribution in [-0.2, 0) is 0 Å². The van der Waals surface area contributed by atoms with Gasteiger partial charge in [0.25, 0.3) is 0 Å². The average molecular weight is 342 g/mol. The highest BCUT2D eigenvalue weighted by atomic mass is 16.6. The first-order chi connectivity index (χ1) is 12.1. The van der Waals surface area contributed by atoms with Crippen LogP contribution in [0, 0.1) is 10.1 Å². The number of hydrogen-bond donors (Lipinski definition) is 3. The van der Waals surface area contributed by atoms with E-state index in [1.165, 1.54) is 6.07 Å². The van der Waals surface area contributed by atoms with E-state index in [0.717, 1.165) is 10.9 Å². The SMILES string of the molecule is CCN(CCO)c1ccc([N+](=O)[O-])c(Nc2ccc3[nH]ncc3c2)n1. The van der Waals surface area contributed by atoms with Gasteiger partial charge in [0.15, 0.2) is 0 Å². The van der Waals surface area contributed by atoms with Gasteiger partial charge in [0, 0.05) is 30.2 Å². The molecular formula is C16H18N6O3. The van der Waals surface area contributed by atoms with Crippen molar-refractivity contribution in [2.75, 3.05) is 29.9 Å². The Morgan fingerprint density at radius 1 is 1.36 bits per heavy atom. The molecule has 0 spiro atoms. The zero-order valence-corrected chi connectivity index (χ0v) is 13.6. The maximum atomic E-state index is 11.3. The molecule has 2 heterocycles. The first-order valence-corrected chi connectivity index (χ1v) is 7.83. The third-order valence-corrected chi connectivity index (χ3v) is 3.83. The van der Waals surface area contributed by atoms with Gasteiger partial charge in [-0.15, -0.1) is 0 Å². The van der Waals surface area contributed by atoms with Gasteiger partial charge in [-0.3, -0.25) is 15.2 Å². The van der Waals surface area contributed by atoms with Crippen LogP contribution in [-0.4, -0.2) is 44.9 Å². The van der Waals surface area contributed by atoms with E-state index in [2.05, 4.69) is 20.5 Å². The summed E-state index contributed by atoms with van der Waals surface area (Å²) in [5.74, 6) is 0.718. The van der Waals surface area contributed by atoms with E-state index >= 15 is 0 Å². The van der Waals surface area contributed by atoms with E-state index in [0.29, 0.717) is 24.6 Å². The first kappa shape index (κ1) is 16.7. The predicted octanol–water partition coefficient (Wildman–Crippen LogP) is 2.43. The topological polar surface area (TPSA) is 120 Å². The number of nitrogens with zero attached hydrogens (tertiary/aromatic N) is 4. The fourth-order valence-electron chi connectivity index (χ4n) is 2.57. The Morgan fingerprint density at radius 2 is 2.20 bits per heavy atom. The Hall–Kier alpha value is -3.20. The number of aromatic nitrogens is 3. The van der Waals surface area contributed by atoms with Crippen LogP contribution in [0.4, 0.5) is 23.0 Å². The van der Waals surface area contributed by atoms with Crippen LogP contribution in [0.1, 0.15) is 6.92 Å².